The first-order valence-electron chi connectivity index (χ1n) is 5.46. The van der Waals surface area contributed by atoms with E-state index in [9.17, 15) is 8.42 Å². The van der Waals surface area contributed by atoms with Crippen molar-refractivity contribution in [1.29, 1.82) is 0 Å². The maximum Gasteiger partial charge on any atom is 0.241 e. The Morgan fingerprint density at radius 2 is 1.94 bits per heavy atom. The molecule has 1 aromatic carbocycles. The third-order valence-electron chi connectivity index (χ3n) is 2.36. The van der Waals surface area contributed by atoms with Gasteiger partial charge in [0.05, 0.1) is 4.90 Å². The number of halogens is 2. The topological polar surface area (TPSA) is 58.2 Å². The highest BCUT2D eigenvalue weighted by Gasteiger charge is 2.18. The van der Waals surface area contributed by atoms with Crippen molar-refractivity contribution in [2.24, 2.45) is 5.92 Å². The zero-order chi connectivity index (χ0) is 13.8. The molecule has 0 fully saturated rings. The molecule has 0 spiro atoms. The summed E-state index contributed by atoms with van der Waals surface area (Å²) in [4.78, 5) is 0.252. The van der Waals surface area contributed by atoms with Gasteiger partial charge in [-0.15, -0.1) is 0 Å². The van der Waals surface area contributed by atoms with Crippen LogP contribution in [0.15, 0.2) is 32.0 Å². The molecule has 0 radical (unpaired) electrons. The summed E-state index contributed by atoms with van der Waals surface area (Å²) in [6.45, 7) is 3.16. The molecule has 1 rings (SSSR count). The van der Waals surface area contributed by atoms with E-state index in [4.69, 9.17) is 0 Å². The molecule has 4 nitrogen and oxygen atoms in total. The van der Waals surface area contributed by atoms with Gasteiger partial charge in [-0.3, -0.25) is 0 Å². The third kappa shape index (κ3) is 4.62. The summed E-state index contributed by atoms with van der Waals surface area (Å²) in [5.74, 6) is 0.235. The Morgan fingerprint density at radius 3 is 2.50 bits per heavy atom. The van der Waals surface area contributed by atoms with Crippen molar-refractivity contribution in [3.05, 3.63) is 27.1 Å². The van der Waals surface area contributed by atoms with Crippen LogP contribution < -0.4 is 10.0 Å². The summed E-state index contributed by atoms with van der Waals surface area (Å²) in [6.07, 6.45) is 0. The monoisotopic (exact) mass is 398 g/mol. The summed E-state index contributed by atoms with van der Waals surface area (Å²) in [7, 11) is -1.62. The van der Waals surface area contributed by atoms with Crippen molar-refractivity contribution in [2.75, 3.05) is 20.1 Å². The Labute approximate surface area is 125 Å². The molecule has 102 valence electrons. The predicted octanol–water partition coefficient (Wildman–Crippen LogP) is 2.35. The first-order valence-corrected chi connectivity index (χ1v) is 8.53. The van der Waals surface area contributed by atoms with E-state index in [2.05, 4.69) is 41.9 Å². The van der Waals surface area contributed by atoms with Crippen LogP contribution in [-0.2, 0) is 10.0 Å². The molecule has 1 unspecified atom stereocenters. The van der Waals surface area contributed by atoms with E-state index < -0.39 is 10.0 Å². The van der Waals surface area contributed by atoms with Gasteiger partial charge in [0.2, 0.25) is 10.0 Å². The Kier molecular flexibility index (Phi) is 6.26. The standard InChI is InChI=1S/C11H16Br2N2O2S/c1-8(6-14-2)7-15-18(16,17)11-4-3-9(12)5-10(11)13/h3-5,8,14-15H,6-7H2,1-2H3. The minimum atomic E-state index is -3.47. The molecular weight excluding hydrogens is 384 g/mol. The zero-order valence-corrected chi connectivity index (χ0v) is 14.2. The summed E-state index contributed by atoms with van der Waals surface area (Å²) in [6, 6.07) is 4.99. The van der Waals surface area contributed by atoms with Crippen LogP contribution in [0.25, 0.3) is 0 Å². The lowest BCUT2D eigenvalue weighted by atomic mass is 10.2. The highest BCUT2D eigenvalue weighted by Crippen LogP contribution is 2.25. The molecule has 0 heterocycles. The van der Waals surface area contributed by atoms with Gasteiger partial charge >= 0.3 is 0 Å². The van der Waals surface area contributed by atoms with Gasteiger partial charge in [-0.25, -0.2) is 13.1 Å². The molecule has 0 saturated heterocycles. The van der Waals surface area contributed by atoms with Crippen molar-refractivity contribution in [1.82, 2.24) is 10.0 Å². The summed E-state index contributed by atoms with van der Waals surface area (Å²) in [5.41, 5.74) is 0. The van der Waals surface area contributed by atoms with Crippen molar-refractivity contribution >= 4 is 41.9 Å². The van der Waals surface area contributed by atoms with Crippen molar-refractivity contribution in [3.8, 4) is 0 Å². The quantitative estimate of drug-likeness (QED) is 0.771. The zero-order valence-electron chi connectivity index (χ0n) is 10.2. The van der Waals surface area contributed by atoms with Gasteiger partial charge in [-0.2, -0.15) is 0 Å². The number of hydrogen-bond acceptors (Lipinski definition) is 3. The van der Waals surface area contributed by atoms with Crippen LogP contribution in [-0.4, -0.2) is 28.6 Å². The molecule has 0 aromatic heterocycles. The number of nitrogens with one attached hydrogen (secondary N) is 2. The van der Waals surface area contributed by atoms with E-state index in [1.54, 1.807) is 18.2 Å². The van der Waals surface area contributed by atoms with Gasteiger partial charge in [0.1, 0.15) is 0 Å². The van der Waals surface area contributed by atoms with Gasteiger partial charge in [-0.1, -0.05) is 22.9 Å². The van der Waals surface area contributed by atoms with Gasteiger partial charge in [0.25, 0.3) is 0 Å². The molecule has 2 N–H and O–H groups in total. The van der Waals surface area contributed by atoms with Gasteiger partial charge in [0.15, 0.2) is 0 Å². The average Bonchev–Trinajstić information content (AvgIpc) is 2.26. The minimum Gasteiger partial charge on any atom is -0.319 e. The van der Waals surface area contributed by atoms with E-state index in [0.29, 0.717) is 11.0 Å². The lowest BCUT2D eigenvalue weighted by molar-refractivity contribution is 0.519. The second-order valence-electron chi connectivity index (χ2n) is 4.09. The molecular formula is C11H16Br2N2O2S. The van der Waals surface area contributed by atoms with E-state index in [1.807, 2.05) is 14.0 Å². The van der Waals surface area contributed by atoms with Crippen LogP contribution >= 0.6 is 31.9 Å². The van der Waals surface area contributed by atoms with Crippen molar-refractivity contribution in [2.45, 2.75) is 11.8 Å². The summed E-state index contributed by atoms with van der Waals surface area (Å²) >= 11 is 6.55. The van der Waals surface area contributed by atoms with E-state index in [0.717, 1.165) is 11.0 Å². The maximum atomic E-state index is 12.1. The molecule has 0 amide bonds. The van der Waals surface area contributed by atoms with Gasteiger partial charge in [-0.05, 0) is 53.6 Å². The SMILES string of the molecule is CNCC(C)CNS(=O)(=O)c1ccc(Br)cc1Br. The molecule has 0 bridgehead atoms. The molecule has 1 atom stereocenters. The van der Waals surface area contributed by atoms with Crippen LogP contribution in [0.2, 0.25) is 0 Å². The van der Waals surface area contributed by atoms with Crippen molar-refractivity contribution in [3.63, 3.8) is 0 Å². The number of benzene rings is 1. The van der Waals surface area contributed by atoms with E-state index >= 15 is 0 Å². The summed E-state index contributed by atoms with van der Waals surface area (Å²) < 4.78 is 28.2. The Hall–Kier alpha value is 0.0500. The lowest BCUT2D eigenvalue weighted by Crippen LogP contribution is -2.32. The maximum absolute atomic E-state index is 12.1. The van der Waals surface area contributed by atoms with Crippen LogP contribution in [0, 0.1) is 5.92 Å². The van der Waals surface area contributed by atoms with Gasteiger partial charge < -0.3 is 5.32 Å². The van der Waals surface area contributed by atoms with E-state index in [1.165, 1.54) is 0 Å². The third-order valence-corrected chi connectivity index (χ3v) is 5.25. The fourth-order valence-corrected chi connectivity index (χ4v) is 4.35. The molecule has 0 saturated carbocycles. The molecule has 18 heavy (non-hydrogen) atoms. The Balaban J connectivity index is 2.80. The van der Waals surface area contributed by atoms with Gasteiger partial charge in [0, 0.05) is 15.5 Å². The normalized spacial score (nSPS) is 13.6. The Bertz CT molecular complexity index is 506. The number of sulfonamides is 1. The number of rotatable bonds is 6. The average molecular weight is 400 g/mol. The molecule has 1 aromatic rings. The fourth-order valence-electron chi connectivity index (χ4n) is 1.44. The molecule has 0 aliphatic carbocycles. The highest BCUT2D eigenvalue weighted by molar-refractivity contribution is 9.11. The smallest absolute Gasteiger partial charge is 0.241 e. The second kappa shape index (κ2) is 7.00. The number of hydrogen-bond donors (Lipinski definition) is 2. The lowest BCUT2D eigenvalue weighted by Gasteiger charge is -2.13. The molecule has 0 aliphatic heterocycles. The van der Waals surface area contributed by atoms with Crippen molar-refractivity contribution < 1.29 is 8.42 Å². The second-order valence-corrected chi connectivity index (χ2v) is 7.59. The first-order chi connectivity index (χ1) is 8.36. The Morgan fingerprint density at radius 1 is 1.28 bits per heavy atom. The van der Waals surface area contributed by atoms with Crippen LogP contribution in [0.3, 0.4) is 0 Å². The fraction of sp³-hybridized carbons (Fsp3) is 0.455. The first kappa shape index (κ1) is 16.1. The highest BCUT2D eigenvalue weighted by atomic mass is 79.9. The van der Waals surface area contributed by atoms with E-state index in [-0.39, 0.29) is 10.8 Å². The predicted molar refractivity (Wildman–Crippen MR) is 80.1 cm³/mol. The largest absolute Gasteiger partial charge is 0.319 e. The molecule has 0 aliphatic rings. The van der Waals surface area contributed by atoms with Crippen LogP contribution in [0.5, 0.6) is 0 Å². The molecule has 7 heteroatoms. The van der Waals surface area contributed by atoms with Crippen LogP contribution in [0.4, 0.5) is 0 Å². The summed E-state index contributed by atoms with van der Waals surface area (Å²) in [5, 5.41) is 3.01. The van der Waals surface area contributed by atoms with Crippen LogP contribution in [0.1, 0.15) is 6.92 Å². The minimum absolute atomic E-state index is 0.235.